The molecule has 2 aliphatic rings. The predicted octanol–water partition coefficient (Wildman–Crippen LogP) is 1.53. The molecule has 1 spiro atoms. The van der Waals surface area contributed by atoms with Gasteiger partial charge in [-0.3, -0.25) is 4.79 Å². The number of hydrogen-bond acceptors (Lipinski definition) is 5. The zero-order valence-electron chi connectivity index (χ0n) is 12.0. The summed E-state index contributed by atoms with van der Waals surface area (Å²) < 4.78 is 5.09. The lowest BCUT2D eigenvalue weighted by atomic mass is 9.89. The molecule has 1 unspecified atom stereocenters. The summed E-state index contributed by atoms with van der Waals surface area (Å²) in [6, 6.07) is 7.19. The van der Waals surface area contributed by atoms with Crippen LogP contribution in [0.2, 0.25) is 0 Å². The molecule has 1 atom stereocenters. The van der Waals surface area contributed by atoms with Crippen LogP contribution in [0.25, 0.3) is 0 Å². The van der Waals surface area contributed by atoms with Crippen LogP contribution in [0, 0.1) is 0 Å². The number of amides is 1. The number of hydrogen-bond donors (Lipinski definition) is 2. The monoisotopic (exact) mass is 289 g/mol. The molecule has 1 aromatic carbocycles. The Balaban J connectivity index is 1.60. The molecule has 0 aromatic heterocycles. The molecule has 2 heterocycles. The highest BCUT2D eigenvalue weighted by Gasteiger charge is 2.42. The smallest absolute Gasteiger partial charge is 0.273 e. The number of rotatable bonds is 3. The Kier molecular flexibility index (Phi) is 3.79. The number of carbonyl (C=O) groups excluding carboxylic acids is 1. The van der Waals surface area contributed by atoms with Crippen molar-refractivity contribution in [3.8, 4) is 5.75 Å². The second-order valence-corrected chi connectivity index (χ2v) is 5.45. The van der Waals surface area contributed by atoms with Crippen molar-refractivity contribution in [2.75, 3.05) is 25.5 Å². The summed E-state index contributed by atoms with van der Waals surface area (Å²) in [5.74, 6) is 0.546. The third kappa shape index (κ3) is 3.00. The van der Waals surface area contributed by atoms with E-state index in [-0.39, 0.29) is 11.5 Å². The molecule has 2 N–H and O–H groups in total. The van der Waals surface area contributed by atoms with Gasteiger partial charge in [-0.15, -0.1) is 0 Å². The summed E-state index contributed by atoms with van der Waals surface area (Å²) in [5.41, 5.74) is 0.839. The van der Waals surface area contributed by atoms with E-state index in [4.69, 9.17) is 9.57 Å². The van der Waals surface area contributed by atoms with E-state index in [1.165, 1.54) is 0 Å². The molecule has 1 aromatic rings. The summed E-state index contributed by atoms with van der Waals surface area (Å²) in [4.78, 5) is 17.8. The maximum atomic E-state index is 12.2. The van der Waals surface area contributed by atoms with Crippen LogP contribution >= 0.6 is 0 Å². The summed E-state index contributed by atoms with van der Waals surface area (Å²) >= 11 is 0. The lowest BCUT2D eigenvalue weighted by molar-refractivity contribution is -0.110. The third-order valence-corrected chi connectivity index (χ3v) is 3.88. The second kappa shape index (κ2) is 5.73. The molecule has 3 rings (SSSR count). The van der Waals surface area contributed by atoms with Gasteiger partial charge in [0.05, 0.1) is 7.11 Å². The van der Waals surface area contributed by atoms with E-state index in [0.29, 0.717) is 17.8 Å². The van der Waals surface area contributed by atoms with E-state index in [1.54, 1.807) is 31.4 Å². The minimum absolute atomic E-state index is 0.206. The van der Waals surface area contributed by atoms with Gasteiger partial charge in [0.25, 0.3) is 5.91 Å². The van der Waals surface area contributed by atoms with Crippen LogP contribution in [0.3, 0.4) is 0 Å². The van der Waals surface area contributed by atoms with Crippen LogP contribution in [0.4, 0.5) is 5.69 Å². The van der Waals surface area contributed by atoms with Crippen LogP contribution in [0.15, 0.2) is 29.4 Å². The van der Waals surface area contributed by atoms with Gasteiger partial charge in [-0.1, -0.05) is 5.16 Å². The average Bonchev–Trinajstić information content (AvgIpc) is 2.92. The Labute approximate surface area is 123 Å². The van der Waals surface area contributed by atoms with Crippen LogP contribution in [0.1, 0.15) is 19.3 Å². The first-order chi connectivity index (χ1) is 10.2. The zero-order valence-corrected chi connectivity index (χ0v) is 12.0. The number of methoxy groups -OCH3 is 1. The second-order valence-electron chi connectivity index (χ2n) is 5.45. The van der Waals surface area contributed by atoms with Gasteiger partial charge in [-0.25, -0.2) is 0 Å². The van der Waals surface area contributed by atoms with Crippen molar-refractivity contribution in [1.29, 1.82) is 0 Å². The molecule has 6 heteroatoms. The van der Waals surface area contributed by atoms with E-state index in [1.807, 2.05) is 0 Å². The summed E-state index contributed by atoms with van der Waals surface area (Å²) in [7, 11) is 1.61. The highest BCUT2D eigenvalue weighted by atomic mass is 16.7. The third-order valence-electron chi connectivity index (χ3n) is 3.88. The largest absolute Gasteiger partial charge is 0.497 e. The number of benzene rings is 1. The molecule has 112 valence electrons. The Bertz CT molecular complexity index is 548. The first-order valence-corrected chi connectivity index (χ1v) is 7.12. The van der Waals surface area contributed by atoms with Gasteiger partial charge >= 0.3 is 0 Å². The lowest BCUT2D eigenvalue weighted by Crippen LogP contribution is -2.46. The van der Waals surface area contributed by atoms with Crippen molar-refractivity contribution in [3.63, 3.8) is 0 Å². The van der Waals surface area contributed by atoms with Crippen molar-refractivity contribution in [2.24, 2.45) is 5.16 Å². The van der Waals surface area contributed by atoms with Crippen LogP contribution in [-0.2, 0) is 9.63 Å². The van der Waals surface area contributed by atoms with Gasteiger partial charge in [-0.2, -0.15) is 0 Å². The molecule has 1 saturated heterocycles. The lowest BCUT2D eigenvalue weighted by Gasteiger charge is -2.30. The summed E-state index contributed by atoms with van der Waals surface area (Å²) in [6.07, 6.45) is 2.54. The van der Waals surface area contributed by atoms with E-state index < -0.39 is 0 Å². The average molecular weight is 289 g/mol. The molecule has 6 nitrogen and oxygen atoms in total. The minimum atomic E-state index is -0.329. The summed E-state index contributed by atoms with van der Waals surface area (Å²) in [5, 5.41) is 10.1. The van der Waals surface area contributed by atoms with Crippen molar-refractivity contribution >= 4 is 17.3 Å². The number of ether oxygens (including phenoxy) is 1. The predicted molar refractivity (Wildman–Crippen MR) is 79.6 cm³/mol. The molecule has 1 fully saturated rings. The van der Waals surface area contributed by atoms with E-state index in [9.17, 15) is 4.79 Å². The van der Waals surface area contributed by atoms with Gasteiger partial charge in [0.15, 0.2) is 5.60 Å². The number of nitrogens with one attached hydrogen (secondary N) is 2. The molecule has 21 heavy (non-hydrogen) atoms. The molecule has 0 saturated carbocycles. The highest BCUT2D eigenvalue weighted by Crippen LogP contribution is 2.30. The highest BCUT2D eigenvalue weighted by molar-refractivity contribution is 6.43. The van der Waals surface area contributed by atoms with Crippen LogP contribution < -0.4 is 15.4 Å². The molecule has 0 bridgehead atoms. The van der Waals surface area contributed by atoms with Crippen molar-refractivity contribution in [3.05, 3.63) is 24.3 Å². The number of carbonyl (C=O) groups is 1. The molecule has 1 amide bonds. The molecular weight excluding hydrogens is 270 g/mol. The van der Waals surface area contributed by atoms with Gasteiger partial charge in [0, 0.05) is 18.7 Å². The maximum Gasteiger partial charge on any atom is 0.273 e. The molecule has 2 aliphatic heterocycles. The minimum Gasteiger partial charge on any atom is -0.497 e. The quantitative estimate of drug-likeness (QED) is 0.885. The SMILES string of the molecule is COc1ccc(NC(=O)C2=NOC3(CCCNC3)C2)cc1. The molecular formula is C15H19N3O3. The first kappa shape index (κ1) is 13.9. The van der Waals surface area contributed by atoms with E-state index >= 15 is 0 Å². The number of oxime groups is 1. The summed E-state index contributed by atoms with van der Waals surface area (Å²) in [6.45, 7) is 1.74. The van der Waals surface area contributed by atoms with E-state index in [2.05, 4.69) is 15.8 Å². The van der Waals surface area contributed by atoms with Crippen LogP contribution in [0.5, 0.6) is 5.75 Å². The normalized spacial score (nSPS) is 24.3. The van der Waals surface area contributed by atoms with Crippen LogP contribution in [-0.4, -0.2) is 37.4 Å². The molecule has 0 radical (unpaired) electrons. The van der Waals surface area contributed by atoms with Gasteiger partial charge in [0.2, 0.25) is 0 Å². The Hall–Kier alpha value is -2.08. The fourth-order valence-electron chi connectivity index (χ4n) is 2.69. The molecule has 0 aliphatic carbocycles. The Morgan fingerprint density at radius 1 is 1.43 bits per heavy atom. The number of anilines is 1. The Morgan fingerprint density at radius 2 is 2.24 bits per heavy atom. The van der Waals surface area contributed by atoms with Gasteiger partial charge < -0.3 is 20.2 Å². The fraction of sp³-hybridized carbons (Fsp3) is 0.467. The van der Waals surface area contributed by atoms with E-state index in [0.717, 1.165) is 31.7 Å². The van der Waals surface area contributed by atoms with Gasteiger partial charge in [-0.05, 0) is 43.7 Å². The number of piperidine rings is 1. The standard InChI is InChI=1S/C15H19N3O3/c1-20-12-5-3-11(4-6-12)17-14(19)13-9-15(21-18-13)7-2-8-16-10-15/h3-6,16H,2,7-10H2,1H3,(H,17,19). The fourth-order valence-corrected chi connectivity index (χ4v) is 2.69. The van der Waals surface area contributed by atoms with Crippen molar-refractivity contribution < 1.29 is 14.4 Å². The van der Waals surface area contributed by atoms with Gasteiger partial charge in [0.1, 0.15) is 11.5 Å². The zero-order chi connectivity index (χ0) is 14.7. The topological polar surface area (TPSA) is 72.0 Å². The first-order valence-electron chi connectivity index (χ1n) is 7.12. The van der Waals surface area contributed by atoms with Crippen molar-refractivity contribution in [1.82, 2.24) is 5.32 Å². The van der Waals surface area contributed by atoms with Crippen molar-refractivity contribution in [2.45, 2.75) is 24.9 Å². The number of nitrogens with zero attached hydrogens (tertiary/aromatic N) is 1. The maximum absolute atomic E-state index is 12.2. The Morgan fingerprint density at radius 3 is 2.90 bits per heavy atom.